The van der Waals surface area contributed by atoms with Crippen LogP contribution in [0.1, 0.15) is 34.3 Å². The Morgan fingerprint density at radius 3 is 2.44 bits per heavy atom. The molecule has 0 unspecified atom stereocenters. The molecule has 2 amide bonds. The molecule has 0 aromatic heterocycles. The number of likely N-dealkylation sites (tertiary alicyclic amines) is 1. The number of ether oxygens (including phenoxy) is 1. The number of para-hydroxylation sites is 1. The van der Waals surface area contributed by atoms with Crippen LogP contribution in [0.4, 0.5) is 4.79 Å². The van der Waals surface area contributed by atoms with Crippen molar-refractivity contribution in [2.75, 3.05) is 19.6 Å². The molecule has 1 aliphatic heterocycles. The van der Waals surface area contributed by atoms with Crippen LogP contribution in [0.15, 0.2) is 48.5 Å². The van der Waals surface area contributed by atoms with E-state index >= 15 is 0 Å². The van der Waals surface area contributed by atoms with E-state index in [1.54, 1.807) is 17.0 Å². The van der Waals surface area contributed by atoms with Gasteiger partial charge in [-0.1, -0.05) is 35.9 Å². The second-order valence-electron chi connectivity index (χ2n) is 7.14. The normalized spacial score (nSPS) is 14.7. The first-order valence-corrected chi connectivity index (χ1v) is 9.40. The molecule has 5 nitrogen and oxygen atoms in total. The zero-order valence-corrected chi connectivity index (χ0v) is 15.9. The van der Waals surface area contributed by atoms with Crippen molar-refractivity contribution in [3.05, 3.63) is 65.2 Å². The minimum Gasteiger partial charge on any atom is -0.410 e. The highest BCUT2D eigenvalue weighted by atomic mass is 16.6. The SMILES string of the molecule is Cc1ccc(C(=O)NCC2CCN(C(=O)Oc3ccccc3)CC2)c(C)c1. The molecule has 0 spiro atoms. The Labute approximate surface area is 160 Å². The van der Waals surface area contributed by atoms with E-state index in [4.69, 9.17) is 4.74 Å². The monoisotopic (exact) mass is 366 g/mol. The lowest BCUT2D eigenvalue weighted by Gasteiger charge is -2.31. The van der Waals surface area contributed by atoms with E-state index in [0.29, 0.717) is 31.3 Å². The van der Waals surface area contributed by atoms with Gasteiger partial charge in [-0.25, -0.2) is 4.79 Å². The lowest BCUT2D eigenvalue weighted by Crippen LogP contribution is -2.42. The number of carbonyl (C=O) groups is 2. The van der Waals surface area contributed by atoms with E-state index < -0.39 is 0 Å². The Morgan fingerprint density at radius 2 is 1.78 bits per heavy atom. The van der Waals surface area contributed by atoms with Crippen molar-refractivity contribution in [2.45, 2.75) is 26.7 Å². The lowest BCUT2D eigenvalue weighted by molar-refractivity contribution is 0.0931. The fourth-order valence-corrected chi connectivity index (χ4v) is 3.37. The van der Waals surface area contributed by atoms with Gasteiger partial charge in [-0.15, -0.1) is 0 Å². The molecular weight excluding hydrogens is 340 g/mol. The maximum Gasteiger partial charge on any atom is 0.415 e. The third kappa shape index (κ3) is 5.09. The van der Waals surface area contributed by atoms with Gasteiger partial charge in [0.2, 0.25) is 0 Å². The van der Waals surface area contributed by atoms with Crippen LogP contribution in [0, 0.1) is 19.8 Å². The van der Waals surface area contributed by atoms with Crippen LogP contribution in [0.5, 0.6) is 5.75 Å². The predicted molar refractivity (Wildman–Crippen MR) is 105 cm³/mol. The molecule has 2 aromatic rings. The molecule has 1 aliphatic rings. The second-order valence-corrected chi connectivity index (χ2v) is 7.14. The summed E-state index contributed by atoms with van der Waals surface area (Å²) in [5.41, 5.74) is 2.87. The standard InChI is InChI=1S/C22H26N2O3/c1-16-8-9-20(17(2)14-16)21(25)23-15-18-10-12-24(13-11-18)22(26)27-19-6-4-3-5-7-19/h3-9,14,18H,10-13,15H2,1-2H3,(H,23,25). The number of carbonyl (C=O) groups excluding carboxylic acids is 2. The third-order valence-electron chi connectivity index (χ3n) is 5.00. The van der Waals surface area contributed by atoms with Crippen molar-refractivity contribution in [1.82, 2.24) is 10.2 Å². The minimum absolute atomic E-state index is 0.0292. The molecular formula is C22H26N2O3. The number of amides is 2. The number of piperidine rings is 1. The summed E-state index contributed by atoms with van der Waals surface area (Å²) in [5, 5.41) is 3.04. The fourth-order valence-electron chi connectivity index (χ4n) is 3.37. The summed E-state index contributed by atoms with van der Waals surface area (Å²) in [6.07, 6.45) is 1.41. The molecule has 27 heavy (non-hydrogen) atoms. The van der Waals surface area contributed by atoms with Crippen LogP contribution in [-0.2, 0) is 0 Å². The van der Waals surface area contributed by atoms with Gasteiger partial charge in [0.25, 0.3) is 5.91 Å². The van der Waals surface area contributed by atoms with E-state index in [1.807, 2.05) is 50.2 Å². The smallest absolute Gasteiger partial charge is 0.410 e. The number of hydrogen-bond donors (Lipinski definition) is 1. The Bertz CT molecular complexity index is 796. The summed E-state index contributed by atoms with van der Waals surface area (Å²) in [6, 6.07) is 15.0. The molecule has 0 radical (unpaired) electrons. The van der Waals surface area contributed by atoms with Gasteiger partial charge >= 0.3 is 6.09 Å². The quantitative estimate of drug-likeness (QED) is 0.891. The molecule has 3 rings (SSSR count). The summed E-state index contributed by atoms with van der Waals surface area (Å²) in [6.45, 7) is 5.91. The molecule has 0 aliphatic carbocycles. The van der Waals surface area contributed by atoms with Crippen molar-refractivity contribution in [3.8, 4) is 5.75 Å². The summed E-state index contributed by atoms with van der Waals surface area (Å²) in [7, 11) is 0. The van der Waals surface area contributed by atoms with Gasteiger partial charge in [0, 0.05) is 25.2 Å². The summed E-state index contributed by atoms with van der Waals surface area (Å²) in [4.78, 5) is 26.4. The van der Waals surface area contributed by atoms with Gasteiger partial charge < -0.3 is 15.0 Å². The molecule has 1 saturated heterocycles. The highest BCUT2D eigenvalue weighted by molar-refractivity contribution is 5.95. The van der Waals surface area contributed by atoms with Crippen LogP contribution in [0.25, 0.3) is 0 Å². The van der Waals surface area contributed by atoms with Crippen molar-refractivity contribution in [1.29, 1.82) is 0 Å². The predicted octanol–water partition coefficient (Wildman–Crippen LogP) is 3.94. The second kappa shape index (κ2) is 8.71. The summed E-state index contributed by atoms with van der Waals surface area (Å²) < 4.78 is 5.39. The number of benzene rings is 2. The molecule has 142 valence electrons. The van der Waals surface area contributed by atoms with E-state index in [2.05, 4.69) is 5.32 Å². The number of aryl methyl sites for hydroxylation is 2. The Hall–Kier alpha value is -2.82. The molecule has 1 fully saturated rings. The number of nitrogens with one attached hydrogen (secondary N) is 1. The third-order valence-corrected chi connectivity index (χ3v) is 5.00. The van der Waals surface area contributed by atoms with Crippen LogP contribution in [-0.4, -0.2) is 36.5 Å². The molecule has 0 saturated carbocycles. The Kier molecular flexibility index (Phi) is 6.12. The van der Waals surface area contributed by atoms with Gasteiger partial charge in [-0.3, -0.25) is 4.79 Å². The average molecular weight is 366 g/mol. The first-order valence-electron chi connectivity index (χ1n) is 9.40. The zero-order chi connectivity index (χ0) is 19.2. The largest absolute Gasteiger partial charge is 0.415 e. The molecule has 1 heterocycles. The maximum absolute atomic E-state index is 12.4. The van der Waals surface area contributed by atoms with Crippen LogP contribution < -0.4 is 10.1 Å². The average Bonchev–Trinajstić information content (AvgIpc) is 2.67. The molecule has 0 bridgehead atoms. The summed E-state index contributed by atoms with van der Waals surface area (Å²) in [5.74, 6) is 0.907. The van der Waals surface area contributed by atoms with Crippen molar-refractivity contribution in [2.24, 2.45) is 5.92 Å². The van der Waals surface area contributed by atoms with Crippen molar-refractivity contribution < 1.29 is 14.3 Å². The van der Waals surface area contributed by atoms with Gasteiger partial charge in [-0.05, 0) is 56.4 Å². The maximum atomic E-state index is 12.4. The van der Waals surface area contributed by atoms with Gasteiger partial charge in [0.05, 0.1) is 0 Å². The fraction of sp³-hybridized carbons (Fsp3) is 0.364. The number of hydrogen-bond acceptors (Lipinski definition) is 3. The first kappa shape index (κ1) is 19.0. The first-order chi connectivity index (χ1) is 13.0. The Morgan fingerprint density at radius 1 is 1.07 bits per heavy atom. The van der Waals surface area contributed by atoms with E-state index in [1.165, 1.54) is 0 Å². The van der Waals surface area contributed by atoms with Gasteiger partial charge in [0.15, 0.2) is 0 Å². The summed E-state index contributed by atoms with van der Waals surface area (Å²) >= 11 is 0. The van der Waals surface area contributed by atoms with Crippen LogP contribution in [0.2, 0.25) is 0 Å². The van der Waals surface area contributed by atoms with E-state index in [9.17, 15) is 9.59 Å². The molecule has 0 atom stereocenters. The van der Waals surface area contributed by atoms with Crippen LogP contribution >= 0.6 is 0 Å². The number of rotatable bonds is 4. The van der Waals surface area contributed by atoms with Crippen LogP contribution in [0.3, 0.4) is 0 Å². The topological polar surface area (TPSA) is 58.6 Å². The van der Waals surface area contributed by atoms with E-state index in [-0.39, 0.29) is 12.0 Å². The minimum atomic E-state index is -0.307. The molecule has 1 N–H and O–H groups in total. The van der Waals surface area contributed by atoms with Crippen molar-refractivity contribution >= 4 is 12.0 Å². The van der Waals surface area contributed by atoms with Crippen molar-refractivity contribution in [3.63, 3.8) is 0 Å². The van der Waals surface area contributed by atoms with E-state index in [0.717, 1.165) is 29.5 Å². The van der Waals surface area contributed by atoms with Gasteiger partial charge in [0.1, 0.15) is 5.75 Å². The number of nitrogens with zero attached hydrogens (tertiary/aromatic N) is 1. The lowest BCUT2D eigenvalue weighted by atomic mass is 9.96. The molecule has 2 aromatic carbocycles. The highest BCUT2D eigenvalue weighted by Crippen LogP contribution is 2.19. The highest BCUT2D eigenvalue weighted by Gasteiger charge is 2.24. The Balaban J connectivity index is 1.44. The van der Waals surface area contributed by atoms with Gasteiger partial charge in [-0.2, -0.15) is 0 Å². The zero-order valence-electron chi connectivity index (χ0n) is 15.9. The molecule has 5 heteroatoms.